The van der Waals surface area contributed by atoms with E-state index in [4.69, 9.17) is 0 Å². The van der Waals surface area contributed by atoms with Crippen LogP contribution in [0, 0.1) is 11.6 Å². The van der Waals surface area contributed by atoms with Gasteiger partial charge in [-0.05, 0) is 25.1 Å². The van der Waals surface area contributed by atoms with Crippen LogP contribution in [-0.2, 0) is 20.0 Å². The van der Waals surface area contributed by atoms with Gasteiger partial charge in [0.05, 0.1) is 11.4 Å². The Kier molecular flexibility index (Phi) is 2.63. The summed E-state index contributed by atoms with van der Waals surface area (Å²) >= 11 is 0. The minimum absolute atomic E-state index is 0.547. The van der Waals surface area contributed by atoms with Gasteiger partial charge in [-0.15, -0.1) is 0 Å². The van der Waals surface area contributed by atoms with Crippen LogP contribution in [0.5, 0.6) is 0 Å². The first-order chi connectivity index (χ1) is 8.65. The average Bonchev–Trinajstić information content (AvgIpc) is 2.63. The maximum absolute atomic E-state index is 13.3. The Bertz CT molecular complexity index is 584. The van der Waals surface area contributed by atoms with Crippen molar-refractivity contribution in [3.63, 3.8) is 0 Å². The van der Waals surface area contributed by atoms with Crippen molar-refractivity contribution < 1.29 is 8.78 Å². The van der Waals surface area contributed by atoms with Crippen LogP contribution in [0.2, 0.25) is 0 Å². The highest BCUT2D eigenvalue weighted by molar-refractivity contribution is 5.65. The molecule has 2 heterocycles. The van der Waals surface area contributed by atoms with Crippen molar-refractivity contribution in [2.45, 2.75) is 13.0 Å². The number of hydrogen-bond donors (Lipinski definition) is 1. The zero-order chi connectivity index (χ0) is 12.7. The molecular formula is C13H13F2N3. The molecule has 0 unspecified atom stereocenters. The number of halogens is 2. The van der Waals surface area contributed by atoms with Gasteiger partial charge in [0.15, 0.2) is 0 Å². The molecule has 1 aromatic carbocycles. The molecule has 3 rings (SSSR count). The number of nitrogens with zero attached hydrogens (tertiary/aromatic N) is 2. The van der Waals surface area contributed by atoms with E-state index in [1.54, 1.807) is 11.7 Å². The first kappa shape index (κ1) is 11.3. The zero-order valence-corrected chi connectivity index (χ0v) is 10.0. The van der Waals surface area contributed by atoms with Crippen LogP contribution >= 0.6 is 0 Å². The molecule has 0 fully saturated rings. The largest absolute Gasteiger partial charge is 0.311 e. The smallest absolute Gasteiger partial charge is 0.126 e. The molecule has 0 spiro atoms. The maximum Gasteiger partial charge on any atom is 0.126 e. The van der Waals surface area contributed by atoms with Crippen molar-refractivity contribution in [1.82, 2.24) is 15.1 Å². The van der Waals surface area contributed by atoms with E-state index in [0.717, 1.165) is 36.0 Å². The van der Waals surface area contributed by atoms with Crippen LogP contribution < -0.4 is 5.32 Å². The summed E-state index contributed by atoms with van der Waals surface area (Å²) < 4.78 is 28.3. The third kappa shape index (κ3) is 1.80. The SMILES string of the molecule is Cn1nc2c(c1-c1cc(F)cc(F)c1)CCNC2. The lowest BCUT2D eigenvalue weighted by molar-refractivity contribution is 0.583. The van der Waals surface area contributed by atoms with Crippen LogP contribution in [0.4, 0.5) is 8.78 Å². The molecule has 1 N–H and O–H groups in total. The van der Waals surface area contributed by atoms with Gasteiger partial charge in [-0.2, -0.15) is 5.10 Å². The summed E-state index contributed by atoms with van der Waals surface area (Å²) in [5.74, 6) is -1.12. The monoisotopic (exact) mass is 249 g/mol. The second-order valence-corrected chi connectivity index (χ2v) is 4.48. The van der Waals surface area contributed by atoms with Gasteiger partial charge in [0.25, 0.3) is 0 Å². The minimum Gasteiger partial charge on any atom is -0.311 e. The van der Waals surface area contributed by atoms with Gasteiger partial charge in [0, 0.05) is 30.8 Å². The van der Waals surface area contributed by atoms with Crippen molar-refractivity contribution in [2.24, 2.45) is 7.05 Å². The predicted molar refractivity (Wildman–Crippen MR) is 64.0 cm³/mol. The van der Waals surface area contributed by atoms with Gasteiger partial charge in [0.1, 0.15) is 11.6 Å². The maximum atomic E-state index is 13.3. The van der Waals surface area contributed by atoms with Crippen LogP contribution in [0.25, 0.3) is 11.3 Å². The van der Waals surface area contributed by atoms with E-state index in [1.807, 2.05) is 0 Å². The van der Waals surface area contributed by atoms with Crippen molar-refractivity contribution in [3.05, 3.63) is 41.1 Å². The number of aromatic nitrogens is 2. The molecule has 0 radical (unpaired) electrons. The van der Waals surface area contributed by atoms with E-state index in [-0.39, 0.29) is 0 Å². The summed E-state index contributed by atoms with van der Waals surface area (Å²) in [5, 5.41) is 7.63. The second kappa shape index (κ2) is 4.17. The molecule has 18 heavy (non-hydrogen) atoms. The summed E-state index contributed by atoms with van der Waals surface area (Å²) in [6, 6.07) is 3.58. The second-order valence-electron chi connectivity index (χ2n) is 4.48. The number of rotatable bonds is 1. The molecule has 0 bridgehead atoms. The summed E-state index contributed by atoms with van der Waals surface area (Å²) in [4.78, 5) is 0. The molecular weight excluding hydrogens is 236 g/mol. The van der Waals surface area contributed by atoms with Crippen LogP contribution in [0.15, 0.2) is 18.2 Å². The summed E-state index contributed by atoms with van der Waals surface area (Å²) in [6.45, 7) is 1.57. The van der Waals surface area contributed by atoms with E-state index in [1.165, 1.54) is 12.1 Å². The van der Waals surface area contributed by atoms with Gasteiger partial charge in [-0.25, -0.2) is 8.78 Å². The fourth-order valence-electron chi connectivity index (χ4n) is 2.50. The van der Waals surface area contributed by atoms with Gasteiger partial charge < -0.3 is 5.32 Å². The Morgan fingerprint density at radius 2 is 1.94 bits per heavy atom. The number of fused-ring (bicyclic) bond motifs is 1. The summed E-state index contributed by atoms with van der Waals surface area (Å²) in [6.07, 6.45) is 0.830. The van der Waals surface area contributed by atoms with Crippen LogP contribution in [0.1, 0.15) is 11.3 Å². The van der Waals surface area contributed by atoms with Crippen molar-refractivity contribution in [3.8, 4) is 11.3 Å². The lowest BCUT2D eigenvalue weighted by Gasteiger charge is -2.13. The lowest BCUT2D eigenvalue weighted by Crippen LogP contribution is -2.23. The number of aryl methyl sites for hydroxylation is 1. The molecule has 3 nitrogen and oxygen atoms in total. The van der Waals surface area contributed by atoms with Gasteiger partial charge in [-0.1, -0.05) is 0 Å². The first-order valence-corrected chi connectivity index (χ1v) is 5.87. The molecule has 1 aliphatic rings. The Hall–Kier alpha value is -1.75. The van der Waals surface area contributed by atoms with Crippen LogP contribution in [0.3, 0.4) is 0 Å². The highest BCUT2D eigenvalue weighted by Gasteiger charge is 2.20. The molecule has 0 saturated heterocycles. The molecule has 0 amide bonds. The zero-order valence-electron chi connectivity index (χ0n) is 10.0. The van der Waals surface area contributed by atoms with E-state index in [9.17, 15) is 8.78 Å². The molecule has 1 aromatic heterocycles. The number of nitrogens with one attached hydrogen (secondary N) is 1. The molecule has 0 atom stereocenters. The standard InChI is InChI=1S/C13H13F2N3/c1-18-13(8-4-9(14)6-10(15)5-8)11-2-3-16-7-12(11)17-18/h4-6,16H,2-3,7H2,1H3. The molecule has 2 aromatic rings. The molecule has 5 heteroatoms. The van der Waals surface area contributed by atoms with Crippen molar-refractivity contribution in [2.75, 3.05) is 6.54 Å². The Morgan fingerprint density at radius 1 is 1.22 bits per heavy atom. The van der Waals surface area contributed by atoms with E-state index < -0.39 is 11.6 Å². The van der Waals surface area contributed by atoms with E-state index >= 15 is 0 Å². The Balaban J connectivity index is 2.19. The predicted octanol–water partition coefficient (Wildman–Crippen LogP) is 2.01. The van der Waals surface area contributed by atoms with Gasteiger partial charge in [-0.3, -0.25) is 4.68 Å². The Labute approximate surface area is 103 Å². The minimum atomic E-state index is -0.561. The van der Waals surface area contributed by atoms with Gasteiger partial charge in [0.2, 0.25) is 0 Å². The molecule has 0 aliphatic carbocycles. The number of hydrogen-bond acceptors (Lipinski definition) is 2. The van der Waals surface area contributed by atoms with Crippen molar-refractivity contribution in [1.29, 1.82) is 0 Å². The average molecular weight is 249 g/mol. The Morgan fingerprint density at radius 3 is 2.67 bits per heavy atom. The molecule has 94 valence electrons. The third-order valence-electron chi connectivity index (χ3n) is 3.21. The van der Waals surface area contributed by atoms with Crippen LogP contribution in [-0.4, -0.2) is 16.3 Å². The van der Waals surface area contributed by atoms with E-state index in [0.29, 0.717) is 12.1 Å². The molecule has 1 aliphatic heterocycles. The summed E-state index contributed by atoms with van der Waals surface area (Å²) in [5.41, 5.74) is 3.40. The summed E-state index contributed by atoms with van der Waals surface area (Å²) in [7, 11) is 1.80. The fourth-order valence-corrected chi connectivity index (χ4v) is 2.50. The highest BCUT2D eigenvalue weighted by Crippen LogP contribution is 2.28. The topological polar surface area (TPSA) is 29.9 Å². The van der Waals surface area contributed by atoms with Gasteiger partial charge >= 0.3 is 0 Å². The molecule has 0 saturated carbocycles. The third-order valence-corrected chi connectivity index (χ3v) is 3.21. The normalized spacial score (nSPS) is 14.6. The fraction of sp³-hybridized carbons (Fsp3) is 0.308. The quantitative estimate of drug-likeness (QED) is 0.838. The lowest BCUT2D eigenvalue weighted by atomic mass is 10.0. The van der Waals surface area contributed by atoms with Crippen molar-refractivity contribution >= 4 is 0 Å². The van der Waals surface area contributed by atoms with E-state index in [2.05, 4.69) is 10.4 Å². The first-order valence-electron chi connectivity index (χ1n) is 5.87. The highest BCUT2D eigenvalue weighted by atomic mass is 19.1. The number of benzene rings is 1.